The van der Waals surface area contributed by atoms with Crippen molar-refractivity contribution in [2.45, 2.75) is 18.7 Å². The van der Waals surface area contributed by atoms with Gasteiger partial charge in [-0.3, -0.25) is 9.40 Å². The molecule has 112 valence electrons. The highest BCUT2D eigenvalue weighted by atomic mass is 32.2. The van der Waals surface area contributed by atoms with E-state index in [4.69, 9.17) is 9.47 Å². The summed E-state index contributed by atoms with van der Waals surface area (Å²) in [6, 6.07) is 4.52. The van der Waals surface area contributed by atoms with Crippen LogP contribution in [0, 0.1) is 13.8 Å². The Morgan fingerprint density at radius 1 is 1.24 bits per heavy atom. The summed E-state index contributed by atoms with van der Waals surface area (Å²) >= 11 is 0. The van der Waals surface area contributed by atoms with Gasteiger partial charge in [-0.25, -0.2) is 8.42 Å². The normalized spacial score (nSPS) is 13.5. The number of aryl methyl sites for hydroxylation is 2. The average Bonchev–Trinajstić information content (AvgIpc) is 2.98. The Labute approximate surface area is 122 Å². The molecule has 0 radical (unpaired) electrons. The SMILES string of the molecule is Cc1nn(C)c(C)c1NS(=O)(=O)c1ccc2c(c1)OCO2. The van der Waals surface area contributed by atoms with Gasteiger partial charge in [0, 0.05) is 13.1 Å². The summed E-state index contributed by atoms with van der Waals surface area (Å²) < 4.78 is 39.5. The van der Waals surface area contributed by atoms with Gasteiger partial charge < -0.3 is 9.47 Å². The Balaban J connectivity index is 1.97. The topological polar surface area (TPSA) is 82.5 Å². The molecule has 2 heterocycles. The molecule has 7 nitrogen and oxygen atoms in total. The number of nitrogens with one attached hydrogen (secondary N) is 1. The second-order valence-electron chi connectivity index (χ2n) is 4.79. The molecule has 3 rings (SSSR count). The fourth-order valence-corrected chi connectivity index (χ4v) is 3.35. The van der Waals surface area contributed by atoms with Gasteiger partial charge in [-0.2, -0.15) is 5.10 Å². The number of benzene rings is 1. The zero-order chi connectivity index (χ0) is 15.2. The molecule has 0 spiro atoms. The average molecular weight is 309 g/mol. The highest BCUT2D eigenvalue weighted by Crippen LogP contribution is 2.34. The van der Waals surface area contributed by atoms with E-state index in [9.17, 15) is 8.42 Å². The first-order valence-corrected chi connectivity index (χ1v) is 7.79. The number of hydrogen-bond donors (Lipinski definition) is 1. The molecule has 0 saturated heterocycles. The van der Waals surface area contributed by atoms with Gasteiger partial charge in [0.1, 0.15) is 0 Å². The third-order valence-electron chi connectivity index (χ3n) is 3.40. The van der Waals surface area contributed by atoms with E-state index in [-0.39, 0.29) is 11.7 Å². The van der Waals surface area contributed by atoms with Crippen molar-refractivity contribution < 1.29 is 17.9 Å². The van der Waals surface area contributed by atoms with Crippen LogP contribution in [0.15, 0.2) is 23.1 Å². The summed E-state index contributed by atoms with van der Waals surface area (Å²) in [7, 11) is -1.94. The second-order valence-corrected chi connectivity index (χ2v) is 6.47. The number of rotatable bonds is 3. The first kappa shape index (κ1) is 13.7. The lowest BCUT2D eigenvalue weighted by molar-refractivity contribution is 0.174. The fraction of sp³-hybridized carbons (Fsp3) is 0.308. The summed E-state index contributed by atoms with van der Waals surface area (Å²) in [5.41, 5.74) is 1.87. The molecule has 0 unspecified atom stereocenters. The van der Waals surface area contributed by atoms with Crippen LogP contribution in [0.1, 0.15) is 11.4 Å². The molecule has 1 aliphatic rings. The summed E-state index contributed by atoms with van der Waals surface area (Å²) in [6.45, 7) is 3.66. The van der Waals surface area contributed by atoms with Crippen molar-refractivity contribution >= 4 is 15.7 Å². The molecule has 21 heavy (non-hydrogen) atoms. The molecular formula is C13H15N3O4S. The first-order valence-electron chi connectivity index (χ1n) is 6.31. The number of aromatic nitrogens is 2. The van der Waals surface area contributed by atoms with Gasteiger partial charge >= 0.3 is 0 Å². The van der Waals surface area contributed by atoms with E-state index in [1.54, 1.807) is 31.6 Å². The van der Waals surface area contributed by atoms with Crippen molar-refractivity contribution in [3.8, 4) is 11.5 Å². The van der Waals surface area contributed by atoms with Crippen LogP contribution in [0.3, 0.4) is 0 Å². The van der Waals surface area contributed by atoms with Gasteiger partial charge in [0.15, 0.2) is 11.5 Å². The van der Waals surface area contributed by atoms with E-state index in [1.165, 1.54) is 12.1 Å². The predicted octanol–water partition coefficient (Wildman–Crippen LogP) is 1.57. The highest BCUT2D eigenvalue weighted by Gasteiger charge is 2.22. The van der Waals surface area contributed by atoms with Crippen LogP contribution in [0.5, 0.6) is 11.5 Å². The van der Waals surface area contributed by atoms with E-state index in [2.05, 4.69) is 9.82 Å². The Kier molecular flexibility index (Phi) is 3.05. The maximum atomic E-state index is 12.5. The summed E-state index contributed by atoms with van der Waals surface area (Å²) in [5, 5.41) is 4.19. The van der Waals surface area contributed by atoms with Crippen molar-refractivity contribution in [2.24, 2.45) is 7.05 Å². The van der Waals surface area contributed by atoms with Crippen molar-refractivity contribution in [3.63, 3.8) is 0 Å². The van der Waals surface area contributed by atoms with Crippen molar-refractivity contribution in [2.75, 3.05) is 11.5 Å². The lowest BCUT2D eigenvalue weighted by Crippen LogP contribution is -2.14. The number of ether oxygens (including phenoxy) is 2. The molecule has 2 aromatic rings. The van der Waals surface area contributed by atoms with E-state index in [0.29, 0.717) is 22.9 Å². The maximum absolute atomic E-state index is 12.5. The minimum absolute atomic E-state index is 0.104. The third-order valence-corrected chi connectivity index (χ3v) is 4.75. The van der Waals surface area contributed by atoms with E-state index in [0.717, 1.165) is 5.69 Å². The quantitative estimate of drug-likeness (QED) is 0.930. The molecule has 1 aromatic carbocycles. The van der Waals surface area contributed by atoms with Gasteiger partial charge in [-0.1, -0.05) is 0 Å². The predicted molar refractivity (Wildman–Crippen MR) is 76.1 cm³/mol. The number of sulfonamides is 1. The molecule has 8 heteroatoms. The molecule has 0 fully saturated rings. The largest absolute Gasteiger partial charge is 0.454 e. The Bertz CT molecular complexity index is 811. The van der Waals surface area contributed by atoms with Crippen molar-refractivity contribution in [1.29, 1.82) is 0 Å². The van der Waals surface area contributed by atoms with E-state index >= 15 is 0 Å². The first-order chi connectivity index (χ1) is 9.88. The lowest BCUT2D eigenvalue weighted by Gasteiger charge is -2.09. The summed E-state index contributed by atoms with van der Waals surface area (Å²) in [5.74, 6) is 0.972. The highest BCUT2D eigenvalue weighted by molar-refractivity contribution is 7.92. The van der Waals surface area contributed by atoms with Crippen LogP contribution in [0.2, 0.25) is 0 Å². The zero-order valence-electron chi connectivity index (χ0n) is 11.9. The summed E-state index contributed by atoms with van der Waals surface area (Å²) in [6.07, 6.45) is 0. The van der Waals surface area contributed by atoms with Crippen LogP contribution < -0.4 is 14.2 Å². The van der Waals surface area contributed by atoms with Crippen LogP contribution in [0.4, 0.5) is 5.69 Å². The monoisotopic (exact) mass is 309 g/mol. The van der Waals surface area contributed by atoms with Gasteiger partial charge in [0.25, 0.3) is 10.0 Å². The maximum Gasteiger partial charge on any atom is 0.262 e. The van der Waals surface area contributed by atoms with Gasteiger partial charge in [0.2, 0.25) is 6.79 Å². The minimum Gasteiger partial charge on any atom is -0.454 e. The Morgan fingerprint density at radius 3 is 2.62 bits per heavy atom. The number of nitrogens with zero attached hydrogens (tertiary/aromatic N) is 2. The summed E-state index contributed by atoms with van der Waals surface area (Å²) in [4.78, 5) is 0.120. The van der Waals surface area contributed by atoms with Crippen LogP contribution in [0.25, 0.3) is 0 Å². The fourth-order valence-electron chi connectivity index (χ4n) is 2.16. The number of fused-ring (bicyclic) bond motifs is 1. The molecule has 1 aliphatic heterocycles. The molecule has 0 bridgehead atoms. The van der Waals surface area contributed by atoms with Crippen LogP contribution >= 0.6 is 0 Å². The minimum atomic E-state index is -3.71. The Hall–Kier alpha value is -2.22. The van der Waals surface area contributed by atoms with E-state index < -0.39 is 10.0 Å². The van der Waals surface area contributed by atoms with Crippen molar-refractivity contribution in [3.05, 3.63) is 29.6 Å². The molecular weight excluding hydrogens is 294 g/mol. The second kappa shape index (κ2) is 4.66. The third kappa shape index (κ3) is 2.31. The molecule has 1 N–H and O–H groups in total. The van der Waals surface area contributed by atoms with E-state index in [1.807, 2.05) is 0 Å². The molecule has 1 aromatic heterocycles. The Morgan fingerprint density at radius 2 is 1.95 bits per heavy atom. The number of hydrogen-bond acceptors (Lipinski definition) is 5. The standard InChI is InChI=1S/C13H15N3O4S/c1-8-13(9(2)16(3)14-8)15-21(17,18)10-4-5-11-12(6-10)20-7-19-11/h4-6,15H,7H2,1-3H3. The van der Waals surface area contributed by atoms with Crippen LogP contribution in [-0.2, 0) is 17.1 Å². The molecule has 0 aliphatic carbocycles. The van der Waals surface area contributed by atoms with Gasteiger partial charge in [0.05, 0.1) is 22.0 Å². The van der Waals surface area contributed by atoms with Crippen LogP contribution in [-0.4, -0.2) is 25.0 Å². The number of anilines is 1. The molecule has 0 amide bonds. The molecule has 0 saturated carbocycles. The van der Waals surface area contributed by atoms with Gasteiger partial charge in [-0.05, 0) is 26.0 Å². The smallest absolute Gasteiger partial charge is 0.262 e. The van der Waals surface area contributed by atoms with Gasteiger partial charge in [-0.15, -0.1) is 0 Å². The zero-order valence-corrected chi connectivity index (χ0v) is 12.7. The molecule has 0 atom stereocenters. The lowest BCUT2D eigenvalue weighted by atomic mass is 10.3. The van der Waals surface area contributed by atoms with Crippen molar-refractivity contribution in [1.82, 2.24) is 9.78 Å².